The van der Waals surface area contributed by atoms with E-state index in [4.69, 9.17) is 0 Å². The number of rotatable bonds is 0. The van der Waals surface area contributed by atoms with E-state index in [9.17, 15) is 0 Å². The van der Waals surface area contributed by atoms with Crippen molar-refractivity contribution in [3.05, 3.63) is 0 Å². The quantitative estimate of drug-likeness (QED) is 0.503. The number of hydrogen-bond acceptors (Lipinski definition) is 1. The standard InChI is InChI=1S/C8H16S/c1-6-4-5-7(2)9-8(6)3/h6-8H,4-5H2,1-3H3. The number of thioether (sulfide) groups is 1. The maximum absolute atomic E-state index is 2.36. The summed E-state index contributed by atoms with van der Waals surface area (Å²) in [6.07, 6.45) is 2.87. The largest absolute Gasteiger partial charge is 0.155 e. The zero-order chi connectivity index (χ0) is 6.85. The molecule has 0 nitrogen and oxygen atoms in total. The van der Waals surface area contributed by atoms with Crippen LogP contribution in [0.25, 0.3) is 0 Å². The van der Waals surface area contributed by atoms with Gasteiger partial charge in [0.15, 0.2) is 0 Å². The summed E-state index contributed by atoms with van der Waals surface area (Å²) in [5, 5.41) is 1.81. The summed E-state index contributed by atoms with van der Waals surface area (Å²) in [5.74, 6) is 0.950. The Bertz CT molecular complexity index is 90.6. The van der Waals surface area contributed by atoms with E-state index in [0.717, 1.165) is 16.4 Å². The highest BCUT2D eigenvalue weighted by Gasteiger charge is 2.21. The van der Waals surface area contributed by atoms with E-state index < -0.39 is 0 Å². The fourth-order valence-electron chi connectivity index (χ4n) is 1.30. The summed E-state index contributed by atoms with van der Waals surface area (Å²) >= 11 is 2.15. The lowest BCUT2D eigenvalue weighted by Crippen LogP contribution is -2.20. The Morgan fingerprint density at radius 1 is 1.11 bits per heavy atom. The monoisotopic (exact) mass is 144 g/mol. The Hall–Kier alpha value is 0.350. The highest BCUT2D eigenvalue weighted by atomic mass is 32.2. The van der Waals surface area contributed by atoms with Crippen LogP contribution in [0.4, 0.5) is 0 Å². The molecule has 1 heteroatoms. The normalized spacial score (nSPS) is 45.0. The van der Waals surface area contributed by atoms with Gasteiger partial charge in [-0.05, 0) is 18.8 Å². The summed E-state index contributed by atoms with van der Waals surface area (Å²) in [7, 11) is 0. The molecule has 1 aliphatic rings. The Morgan fingerprint density at radius 2 is 1.78 bits per heavy atom. The van der Waals surface area contributed by atoms with E-state index in [2.05, 4.69) is 32.5 Å². The topological polar surface area (TPSA) is 0 Å². The lowest BCUT2D eigenvalue weighted by atomic mass is 10.0. The summed E-state index contributed by atoms with van der Waals surface area (Å²) in [6.45, 7) is 7.06. The molecule has 0 aromatic heterocycles. The van der Waals surface area contributed by atoms with Crippen LogP contribution in [0, 0.1) is 5.92 Å². The van der Waals surface area contributed by atoms with Gasteiger partial charge in [-0.1, -0.05) is 20.8 Å². The molecule has 0 N–H and O–H groups in total. The van der Waals surface area contributed by atoms with Crippen LogP contribution in [0.5, 0.6) is 0 Å². The van der Waals surface area contributed by atoms with Crippen LogP contribution >= 0.6 is 11.8 Å². The van der Waals surface area contributed by atoms with E-state index in [-0.39, 0.29) is 0 Å². The molecule has 1 saturated heterocycles. The van der Waals surface area contributed by atoms with Crippen molar-refractivity contribution in [2.24, 2.45) is 5.92 Å². The van der Waals surface area contributed by atoms with Crippen LogP contribution in [-0.2, 0) is 0 Å². The maximum atomic E-state index is 2.36. The zero-order valence-corrected chi connectivity index (χ0v) is 7.37. The molecular formula is C8H16S. The Labute approximate surface area is 62.4 Å². The SMILES string of the molecule is CC1CCC(C)C(C)S1. The second kappa shape index (κ2) is 2.96. The van der Waals surface area contributed by atoms with E-state index in [1.165, 1.54) is 12.8 Å². The van der Waals surface area contributed by atoms with Crippen molar-refractivity contribution < 1.29 is 0 Å². The van der Waals surface area contributed by atoms with E-state index in [0.29, 0.717) is 0 Å². The first-order chi connectivity index (χ1) is 4.20. The molecule has 0 amide bonds. The summed E-state index contributed by atoms with van der Waals surface area (Å²) in [4.78, 5) is 0. The molecule has 0 radical (unpaired) electrons. The molecule has 0 bridgehead atoms. The minimum Gasteiger partial charge on any atom is -0.155 e. The van der Waals surface area contributed by atoms with Gasteiger partial charge in [0, 0.05) is 10.5 Å². The van der Waals surface area contributed by atoms with Gasteiger partial charge >= 0.3 is 0 Å². The van der Waals surface area contributed by atoms with Gasteiger partial charge in [0.2, 0.25) is 0 Å². The zero-order valence-electron chi connectivity index (χ0n) is 6.55. The van der Waals surface area contributed by atoms with Gasteiger partial charge in [-0.2, -0.15) is 11.8 Å². The predicted octanol–water partition coefficient (Wildman–Crippen LogP) is 2.93. The second-order valence-corrected chi connectivity index (χ2v) is 5.03. The average Bonchev–Trinajstić information content (AvgIpc) is 1.80. The summed E-state index contributed by atoms with van der Waals surface area (Å²) in [5.41, 5.74) is 0. The van der Waals surface area contributed by atoms with Crippen molar-refractivity contribution in [3.8, 4) is 0 Å². The minimum atomic E-state index is 0.897. The Morgan fingerprint density at radius 3 is 2.22 bits per heavy atom. The van der Waals surface area contributed by atoms with Crippen molar-refractivity contribution in [2.45, 2.75) is 44.1 Å². The van der Waals surface area contributed by atoms with Crippen LogP contribution < -0.4 is 0 Å². The van der Waals surface area contributed by atoms with Crippen molar-refractivity contribution in [2.75, 3.05) is 0 Å². The maximum Gasteiger partial charge on any atom is 0.00470 e. The van der Waals surface area contributed by atoms with Gasteiger partial charge < -0.3 is 0 Å². The Balaban J connectivity index is 2.35. The average molecular weight is 144 g/mol. The molecule has 54 valence electrons. The molecule has 0 saturated carbocycles. The molecule has 1 rings (SSSR count). The first kappa shape index (κ1) is 7.46. The van der Waals surface area contributed by atoms with Crippen LogP contribution in [0.3, 0.4) is 0 Å². The fourth-order valence-corrected chi connectivity index (χ4v) is 2.71. The van der Waals surface area contributed by atoms with Gasteiger partial charge in [-0.15, -0.1) is 0 Å². The molecule has 3 atom stereocenters. The van der Waals surface area contributed by atoms with E-state index in [1.807, 2.05) is 0 Å². The molecule has 0 spiro atoms. The van der Waals surface area contributed by atoms with Crippen molar-refractivity contribution >= 4 is 11.8 Å². The van der Waals surface area contributed by atoms with Crippen molar-refractivity contribution in [3.63, 3.8) is 0 Å². The molecule has 1 heterocycles. The third-order valence-electron chi connectivity index (χ3n) is 2.28. The van der Waals surface area contributed by atoms with Crippen LogP contribution in [0.1, 0.15) is 33.6 Å². The van der Waals surface area contributed by atoms with Gasteiger partial charge in [-0.3, -0.25) is 0 Å². The van der Waals surface area contributed by atoms with Gasteiger partial charge in [-0.25, -0.2) is 0 Å². The van der Waals surface area contributed by atoms with E-state index in [1.54, 1.807) is 0 Å². The van der Waals surface area contributed by atoms with Crippen LogP contribution in [0.2, 0.25) is 0 Å². The molecule has 0 aromatic rings. The first-order valence-electron chi connectivity index (χ1n) is 3.85. The molecule has 1 aliphatic heterocycles. The lowest BCUT2D eigenvalue weighted by molar-refractivity contribution is 0.484. The molecule has 0 aliphatic carbocycles. The third-order valence-corrected chi connectivity index (χ3v) is 3.87. The third kappa shape index (κ3) is 1.89. The number of hydrogen-bond donors (Lipinski definition) is 0. The highest BCUT2D eigenvalue weighted by molar-refractivity contribution is 8.00. The fraction of sp³-hybridized carbons (Fsp3) is 1.00. The smallest absolute Gasteiger partial charge is 0.00470 e. The second-order valence-electron chi connectivity index (χ2n) is 3.21. The first-order valence-corrected chi connectivity index (χ1v) is 4.80. The highest BCUT2D eigenvalue weighted by Crippen LogP contribution is 2.34. The molecule has 3 unspecified atom stereocenters. The minimum absolute atomic E-state index is 0.897. The van der Waals surface area contributed by atoms with Crippen LogP contribution in [-0.4, -0.2) is 10.5 Å². The molecule has 0 aromatic carbocycles. The van der Waals surface area contributed by atoms with Crippen molar-refractivity contribution in [1.82, 2.24) is 0 Å². The van der Waals surface area contributed by atoms with Gasteiger partial charge in [0.25, 0.3) is 0 Å². The summed E-state index contributed by atoms with van der Waals surface area (Å²) in [6, 6.07) is 0. The Kier molecular flexibility index (Phi) is 2.45. The van der Waals surface area contributed by atoms with Crippen LogP contribution in [0.15, 0.2) is 0 Å². The van der Waals surface area contributed by atoms with Crippen molar-refractivity contribution in [1.29, 1.82) is 0 Å². The predicted molar refractivity (Wildman–Crippen MR) is 44.9 cm³/mol. The molecular weight excluding hydrogens is 128 g/mol. The lowest BCUT2D eigenvalue weighted by Gasteiger charge is -2.29. The van der Waals surface area contributed by atoms with Gasteiger partial charge in [0.1, 0.15) is 0 Å². The molecule has 1 fully saturated rings. The van der Waals surface area contributed by atoms with E-state index >= 15 is 0 Å². The summed E-state index contributed by atoms with van der Waals surface area (Å²) < 4.78 is 0. The molecule has 9 heavy (non-hydrogen) atoms. The van der Waals surface area contributed by atoms with Gasteiger partial charge in [0.05, 0.1) is 0 Å².